The SMILES string of the molecule is Cn1c(-c2cc(Br)ccc2N)nc2ccc(F)cc21. The molecule has 0 radical (unpaired) electrons. The number of nitrogens with two attached hydrogens (primary N) is 1. The minimum atomic E-state index is -0.274. The van der Waals surface area contributed by atoms with Gasteiger partial charge in [-0.05, 0) is 36.4 Å². The number of anilines is 1. The van der Waals surface area contributed by atoms with Crippen molar-refractivity contribution in [2.24, 2.45) is 7.05 Å². The van der Waals surface area contributed by atoms with Crippen molar-refractivity contribution in [2.75, 3.05) is 5.73 Å². The van der Waals surface area contributed by atoms with Crippen molar-refractivity contribution in [3.63, 3.8) is 0 Å². The molecule has 1 heterocycles. The lowest BCUT2D eigenvalue weighted by atomic mass is 10.2. The van der Waals surface area contributed by atoms with Gasteiger partial charge in [0.2, 0.25) is 0 Å². The van der Waals surface area contributed by atoms with E-state index >= 15 is 0 Å². The normalized spacial score (nSPS) is 11.1. The second-order valence-corrected chi connectivity index (χ2v) is 5.27. The molecule has 3 aromatic rings. The molecular weight excluding hydrogens is 309 g/mol. The van der Waals surface area contributed by atoms with Gasteiger partial charge in [-0.1, -0.05) is 15.9 Å². The molecule has 0 aliphatic heterocycles. The fourth-order valence-electron chi connectivity index (χ4n) is 2.13. The van der Waals surface area contributed by atoms with Crippen molar-refractivity contribution < 1.29 is 4.39 Å². The third-order valence-electron chi connectivity index (χ3n) is 3.10. The van der Waals surface area contributed by atoms with E-state index in [-0.39, 0.29) is 5.82 Å². The maximum Gasteiger partial charge on any atom is 0.142 e. The van der Waals surface area contributed by atoms with Crippen molar-refractivity contribution in [2.45, 2.75) is 0 Å². The van der Waals surface area contributed by atoms with Crippen molar-refractivity contribution in [1.82, 2.24) is 9.55 Å². The molecule has 0 aliphatic rings. The molecule has 3 nitrogen and oxygen atoms in total. The van der Waals surface area contributed by atoms with E-state index in [4.69, 9.17) is 5.73 Å². The van der Waals surface area contributed by atoms with E-state index < -0.39 is 0 Å². The molecule has 5 heteroatoms. The standard InChI is InChI=1S/C14H11BrFN3/c1-19-13-7-9(16)3-5-12(13)18-14(19)10-6-8(15)2-4-11(10)17/h2-7H,17H2,1H3. The number of hydrogen-bond acceptors (Lipinski definition) is 2. The van der Waals surface area contributed by atoms with Crippen molar-refractivity contribution >= 4 is 32.7 Å². The Bertz CT molecular complexity index is 780. The maximum absolute atomic E-state index is 13.3. The number of hydrogen-bond donors (Lipinski definition) is 1. The number of halogens is 2. The second kappa shape index (κ2) is 4.35. The summed E-state index contributed by atoms with van der Waals surface area (Å²) in [4.78, 5) is 4.52. The number of nitrogens with zero attached hydrogens (tertiary/aromatic N) is 2. The molecule has 2 N–H and O–H groups in total. The summed E-state index contributed by atoms with van der Waals surface area (Å²) in [5.74, 6) is 0.448. The third kappa shape index (κ3) is 2.00. The summed E-state index contributed by atoms with van der Waals surface area (Å²) < 4.78 is 16.1. The van der Waals surface area contributed by atoms with Crippen molar-refractivity contribution in [3.05, 3.63) is 46.7 Å². The molecule has 0 fully saturated rings. The van der Waals surface area contributed by atoms with Gasteiger partial charge in [0.1, 0.15) is 11.6 Å². The zero-order valence-corrected chi connectivity index (χ0v) is 11.8. The Morgan fingerprint density at radius 3 is 2.79 bits per heavy atom. The lowest BCUT2D eigenvalue weighted by Gasteiger charge is -2.06. The molecule has 0 bridgehead atoms. The Kier molecular flexibility index (Phi) is 2.78. The molecule has 0 saturated carbocycles. The predicted octanol–water partition coefficient (Wildman–Crippen LogP) is 3.72. The van der Waals surface area contributed by atoms with Crippen LogP contribution in [0.5, 0.6) is 0 Å². The molecule has 0 aliphatic carbocycles. The smallest absolute Gasteiger partial charge is 0.142 e. The van der Waals surface area contributed by atoms with Crippen LogP contribution in [0.3, 0.4) is 0 Å². The van der Waals surface area contributed by atoms with Gasteiger partial charge in [-0.2, -0.15) is 0 Å². The molecule has 3 rings (SSSR count). The Morgan fingerprint density at radius 2 is 2.00 bits per heavy atom. The van der Waals surface area contributed by atoms with E-state index in [9.17, 15) is 4.39 Å². The van der Waals surface area contributed by atoms with Gasteiger partial charge in [-0.25, -0.2) is 9.37 Å². The molecule has 1 aromatic heterocycles. The largest absolute Gasteiger partial charge is 0.398 e. The predicted molar refractivity (Wildman–Crippen MR) is 78.2 cm³/mol. The summed E-state index contributed by atoms with van der Waals surface area (Å²) in [6, 6.07) is 10.2. The molecular formula is C14H11BrFN3. The number of nitrogen functional groups attached to an aromatic ring is 1. The van der Waals surface area contributed by atoms with Crippen molar-refractivity contribution in [1.29, 1.82) is 0 Å². The Hall–Kier alpha value is -1.88. The van der Waals surface area contributed by atoms with Crippen LogP contribution in [0.4, 0.5) is 10.1 Å². The van der Waals surface area contributed by atoms with Crippen LogP contribution in [0.2, 0.25) is 0 Å². The topological polar surface area (TPSA) is 43.8 Å². The Labute approximate surface area is 118 Å². The average Bonchev–Trinajstić information content (AvgIpc) is 2.70. The number of fused-ring (bicyclic) bond motifs is 1. The first-order valence-corrected chi connectivity index (χ1v) is 6.53. The molecule has 0 amide bonds. The highest BCUT2D eigenvalue weighted by Crippen LogP contribution is 2.30. The number of aryl methyl sites for hydroxylation is 1. The first-order valence-electron chi connectivity index (χ1n) is 5.73. The van der Waals surface area contributed by atoms with E-state index in [0.717, 1.165) is 26.9 Å². The van der Waals surface area contributed by atoms with Crippen LogP contribution in [0.1, 0.15) is 0 Å². The van der Waals surface area contributed by atoms with Crippen LogP contribution in [0.25, 0.3) is 22.4 Å². The maximum atomic E-state index is 13.3. The summed E-state index contributed by atoms with van der Waals surface area (Å²) in [7, 11) is 1.85. The fraction of sp³-hybridized carbons (Fsp3) is 0.0714. The summed E-state index contributed by atoms with van der Waals surface area (Å²) in [6.45, 7) is 0. The minimum absolute atomic E-state index is 0.274. The lowest BCUT2D eigenvalue weighted by molar-refractivity contribution is 0.629. The second-order valence-electron chi connectivity index (χ2n) is 4.36. The van der Waals surface area contributed by atoms with E-state index in [1.54, 1.807) is 6.07 Å². The highest BCUT2D eigenvalue weighted by Gasteiger charge is 2.13. The van der Waals surface area contributed by atoms with Gasteiger partial charge in [0, 0.05) is 22.8 Å². The number of imidazole rings is 1. The van der Waals surface area contributed by atoms with Crippen LogP contribution in [-0.4, -0.2) is 9.55 Å². The van der Waals surface area contributed by atoms with E-state index in [1.165, 1.54) is 12.1 Å². The van der Waals surface area contributed by atoms with Crippen LogP contribution in [0.15, 0.2) is 40.9 Å². The Balaban J connectivity index is 2.31. The van der Waals surface area contributed by atoms with Crippen molar-refractivity contribution in [3.8, 4) is 11.4 Å². The summed E-state index contributed by atoms with van der Waals surface area (Å²) in [5, 5.41) is 0. The summed E-state index contributed by atoms with van der Waals surface area (Å²) in [5.41, 5.74) is 8.96. The van der Waals surface area contributed by atoms with Crippen LogP contribution >= 0.6 is 15.9 Å². The lowest BCUT2D eigenvalue weighted by Crippen LogP contribution is -1.97. The minimum Gasteiger partial charge on any atom is -0.398 e. The molecule has 0 atom stereocenters. The molecule has 0 unspecified atom stereocenters. The molecule has 19 heavy (non-hydrogen) atoms. The third-order valence-corrected chi connectivity index (χ3v) is 3.59. The molecule has 0 spiro atoms. The van der Waals surface area contributed by atoms with Gasteiger partial charge >= 0.3 is 0 Å². The monoisotopic (exact) mass is 319 g/mol. The first-order chi connectivity index (χ1) is 9.06. The number of benzene rings is 2. The van der Waals surface area contributed by atoms with Gasteiger partial charge in [0.25, 0.3) is 0 Å². The van der Waals surface area contributed by atoms with Gasteiger partial charge in [0.15, 0.2) is 0 Å². The fourth-order valence-corrected chi connectivity index (χ4v) is 2.49. The first kappa shape index (κ1) is 12.2. The molecule has 96 valence electrons. The summed E-state index contributed by atoms with van der Waals surface area (Å²) >= 11 is 3.42. The van der Waals surface area contributed by atoms with Gasteiger partial charge in [-0.15, -0.1) is 0 Å². The zero-order valence-electron chi connectivity index (χ0n) is 10.2. The van der Waals surface area contributed by atoms with Crippen LogP contribution in [-0.2, 0) is 7.05 Å². The zero-order chi connectivity index (χ0) is 13.6. The number of rotatable bonds is 1. The van der Waals surface area contributed by atoms with Gasteiger partial charge < -0.3 is 10.3 Å². The Morgan fingerprint density at radius 1 is 1.21 bits per heavy atom. The average molecular weight is 320 g/mol. The van der Waals surface area contributed by atoms with Crippen LogP contribution in [0, 0.1) is 5.82 Å². The number of aromatic nitrogens is 2. The quantitative estimate of drug-likeness (QED) is 0.695. The van der Waals surface area contributed by atoms with E-state index in [2.05, 4.69) is 20.9 Å². The molecule has 0 saturated heterocycles. The van der Waals surface area contributed by atoms with Gasteiger partial charge in [-0.3, -0.25) is 0 Å². The van der Waals surface area contributed by atoms with Crippen LogP contribution < -0.4 is 5.73 Å². The van der Waals surface area contributed by atoms with E-state index in [0.29, 0.717) is 5.69 Å². The van der Waals surface area contributed by atoms with E-state index in [1.807, 2.05) is 29.8 Å². The highest BCUT2D eigenvalue weighted by molar-refractivity contribution is 9.10. The van der Waals surface area contributed by atoms with Gasteiger partial charge in [0.05, 0.1) is 11.0 Å². The highest BCUT2D eigenvalue weighted by atomic mass is 79.9. The summed E-state index contributed by atoms with van der Waals surface area (Å²) in [6.07, 6.45) is 0. The molecule has 2 aromatic carbocycles.